The van der Waals surface area contributed by atoms with Crippen molar-refractivity contribution in [2.75, 3.05) is 42.3 Å². The third kappa shape index (κ3) is 9.49. The Morgan fingerprint density at radius 1 is 0.674 bits per heavy atom. The van der Waals surface area contributed by atoms with Crippen LogP contribution >= 0.6 is 21.6 Å². The first kappa shape index (κ1) is 32.9. The van der Waals surface area contributed by atoms with Gasteiger partial charge in [-0.25, -0.2) is 4.99 Å². The Morgan fingerprint density at radius 2 is 1.33 bits per heavy atom. The maximum Gasteiger partial charge on any atom is 0.212 e. The van der Waals surface area contributed by atoms with Crippen molar-refractivity contribution in [3.05, 3.63) is 156 Å². The molecule has 3 aromatic carbocycles. The van der Waals surface area contributed by atoms with Gasteiger partial charge in [0, 0.05) is 71.2 Å². The summed E-state index contributed by atoms with van der Waals surface area (Å²) in [6.07, 6.45) is 23.2. The number of aryl methyl sites for hydroxylation is 1. The topological polar surface area (TPSA) is 41.9 Å². The van der Waals surface area contributed by atoms with Gasteiger partial charge in [0.15, 0.2) is 0 Å². The molecule has 4 nitrogen and oxygen atoms in total. The Kier molecular flexibility index (Phi) is 12.7. The van der Waals surface area contributed by atoms with Crippen molar-refractivity contribution in [3.63, 3.8) is 0 Å². The number of hydrogen-bond donors (Lipinski definition) is 3. The molecule has 0 saturated carbocycles. The summed E-state index contributed by atoms with van der Waals surface area (Å²) in [4.78, 5) is 3.23. The van der Waals surface area contributed by atoms with Crippen molar-refractivity contribution in [1.29, 1.82) is 0 Å². The number of hydrogen-bond acceptors (Lipinski definition) is 4. The molecule has 1 heterocycles. The number of anilines is 2. The van der Waals surface area contributed by atoms with Crippen molar-refractivity contribution in [1.82, 2.24) is 0 Å². The minimum Gasteiger partial charge on any atom is -0.384 e. The van der Waals surface area contributed by atoms with Crippen LogP contribution < -0.4 is 20.2 Å². The van der Waals surface area contributed by atoms with Crippen LogP contribution in [0, 0.1) is 0 Å². The normalized spacial score (nSPS) is 14.9. The monoisotopic (exact) mass is 642 g/mol. The van der Waals surface area contributed by atoms with E-state index >= 15 is 0 Å². The fourth-order valence-electron chi connectivity index (χ4n) is 5.13. The summed E-state index contributed by atoms with van der Waals surface area (Å²) in [5, 5.41) is 8.49. The van der Waals surface area contributed by atoms with E-state index in [0.29, 0.717) is 0 Å². The van der Waals surface area contributed by atoms with Crippen LogP contribution in [0.2, 0.25) is 0 Å². The average Bonchev–Trinajstić information content (AvgIpc) is 3.10. The SMILES string of the molecule is C[NH+]=C1C=CC=C/C1=C/C=C/C=C/c1ccccc1NCCSSCCNc1ccccc1/C=C/c1ccc2ccccc2[n+]1C. The van der Waals surface area contributed by atoms with E-state index in [4.69, 9.17) is 0 Å². The van der Waals surface area contributed by atoms with Gasteiger partial charge in [0.1, 0.15) is 14.1 Å². The zero-order chi connectivity index (χ0) is 31.8. The van der Waals surface area contributed by atoms with Crippen LogP contribution in [0.5, 0.6) is 0 Å². The van der Waals surface area contributed by atoms with Crippen molar-refractivity contribution in [3.8, 4) is 0 Å². The van der Waals surface area contributed by atoms with E-state index in [1.165, 1.54) is 33.3 Å². The first-order valence-corrected chi connectivity index (χ1v) is 18.1. The van der Waals surface area contributed by atoms with Crippen LogP contribution in [0.1, 0.15) is 16.8 Å². The Hall–Kier alpha value is -4.52. The number of para-hydroxylation sites is 3. The lowest BCUT2D eigenvalue weighted by atomic mass is 10.1. The summed E-state index contributed by atoms with van der Waals surface area (Å²) in [6, 6.07) is 29.8. The Labute approximate surface area is 281 Å². The maximum absolute atomic E-state index is 3.64. The number of rotatable bonds is 14. The highest BCUT2D eigenvalue weighted by molar-refractivity contribution is 8.76. The van der Waals surface area contributed by atoms with E-state index in [9.17, 15) is 0 Å². The van der Waals surface area contributed by atoms with E-state index in [-0.39, 0.29) is 0 Å². The highest BCUT2D eigenvalue weighted by Gasteiger charge is 2.09. The van der Waals surface area contributed by atoms with E-state index in [0.717, 1.165) is 41.7 Å². The zero-order valence-corrected chi connectivity index (χ0v) is 28.2. The molecule has 0 saturated heterocycles. The Balaban J connectivity index is 1.03. The molecular weight excluding hydrogens is 601 g/mol. The molecule has 232 valence electrons. The molecule has 5 rings (SSSR count). The molecule has 0 radical (unpaired) electrons. The van der Waals surface area contributed by atoms with Gasteiger partial charge in [-0.05, 0) is 53.6 Å². The van der Waals surface area contributed by atoms with Gasteiger partial charge in [-0.3, -0.25) is 0 Å². The molecule has 0 amide bonds. The Bertz CT molecular complexity index is 1830. The van der Waals surface area contributed by atoms with E-state index in [1.54, 1.807) is 0 Å². The van der Waals surface area contributed by atoms with E-state index in [1.807, 2.05) is 34.7 Å². The highest BCUT2D eigenvalue weighted by Crippen LogP contribution is 2.23. The lowest BCUT2D eigenvalue weighted by molar-refractivity contribution is -0.646. The average molecular weight is 643 g/mol. The smallest absolute Gasteiger partial charge is 0.212 e. The van der Waals surface area contributed by atoms with Gasteiger partial charge in [0.2, 0.25) is 16.9 Å². The molecule has 46 heavy (non-hydrogen) atoms. The summed E-state index contributed by atoms with van der Waals surface area (Å²) in [7, 11) is 7.90. The van der Waals surface area contributed by atoms with Gasteiger partial charge in [0.25, 0.3) is 0 Å². The number of allylic oxidation sites excluding steroid dienone is 9. The van der Waals surface area contributed by atoms with Gasteiger partial charge in [0.05, 0.1) is 0 Å². The van der Waals surface area contributed by atoms with Crippen LogP contribution in [0.25, 0.3) is 29.1 Å². The van der Waals surface area contributed by atoms with Crippen molar-refractivity contribution in [2.24, 2.45) is 7.05 Å². The molecule has 4 aromatic rings. The number of aromatic nitrogens is 1. The molecule has 0 unspecified atom stereocenters. The van der Waals surface area contributed by atoms with Crippen LogP contribution in [-0.2, 0) is 7.05 Å². The molecule has 6 heteroatoms. The molecule has 1 aliphatic rings. The summed E-state index contributed by atoms with van der Waals surface area (Å²) in [6.45, 7) is 1.83. The van der Waals surface area contributed by atoms with Crippen molar-refractivity contribution < 1.29 is 9.56 Å². The molecular formula is C40H42N4S2+2. The molecule has 0 spiro atoms. The van der Waals surface area contributed by atoms with Crippen LogP contribution in [0.3, 0.4) is 0 Å². The van der Waals surface area contributed by atoms with E-state index < -0.39 is 0 Å². The second kappa shape index (κ2) is 17.8. The van der Waals surface area contributed by atoms with Gasteiger partial charge >= 0.3 is 0 Å². The maximum atomic E-state index is 3.64. The second-order valence-electron chi connectivity index (χ2n) is 10.6. The number of pyridine rings is 1. The summed E-state index contributed by atoms with van der Waals surface area (Å²) >= 11 is 0. The largest absolute Gasteiger partial charge is 0.384 e. The minimum atomic E-state index is 0.915. The van der Waals surface area contributed by atoms with Gasteiger partial charge in [-0.1, -0.05) is 107 Å². The molecule has 0 fully saturated rings. The molecule has 1 aromatic heterocycles. The standard InChI is InChI=1S/C40H40N4S2/c1-41-37-20-10-6-16-32(37)14-4-3-5-15-33-17-7-11-21-38(33)42-28-30-45-46-31-29-43-39-22-12-8-18-34(39)24-26-36-27-25-35-19-9-13-23-40(35)44(36)2/h3-27H,28-31H2,1-2H3,(H,41,42)/p+2. The van der Waals surface area contributed by atoms with Crippen molar-refractivity contribution >= 4 is 67.8 Å². The van der Waals surface area contributed by atoms with Crippen LogP contribution in [-0.4, -0.2) is 37.4 Å². The van der Waals surface area contributed by atoms with Crippen LogP contribution in [0.15, 0.2) is 139 Å². The number of benzene rings is 3. The van der Waals surface area contributed by atoms with E-state index in [2.05, 4.69) is 173 Å². The first-order chi connectivity index (χ1) is 22.7. The third-order valence-electron chi connectivity index (χ3n) is 7.56. The lowest BCUT2D eigenvalue weighted by Gasteiger charge is -2.10. The summed E-state index contributed by atoms with van der Waals surface area (Å²) < 4.78 is 2.24. The zero-order valence-electron chi connectivity index (χ0n) is 26.5. The lowest BCUT2D eigenvalue weighted by Crippen LogP contribution is -2.67. The molecule has 0 aliphatic heterocycles. The predicted molar refractivity (Wildman–Crippen MR) is 205 cm³/mol. The fraction of sp³-hybridized carbons (Fsp3) is 0.150. The minimum absolute atomic E-state index is 0.915. The number of fused-ring (bicyclic) bond motifs is 1. The van der Waals surface area contributed by atoms with Crippen molar-refractivity contribution in [2.45, 2.75) is 0 Å². The summed E-state index contributed by atoms with van der Waals surface area (Å²) in [5.74, 6) is 2.06. The third-order valence-corrected chi connectivity index (χ3v) is 9.97. The quantitative estimate of drug-likeness (QED) is 0.0577. The summed E-state index contributed by atoms with van der Waals surface area (Å²) in [5.41, 5.74) is 9.40. The molecule has 3 N–H and O–H groups in total. The van der Waals surface area contributed by atoms with Gasteiger partial charge < -0.3 is 10.6 Å². The molecule has 0 atom stereocenters. The van der Waals surface area contributed by atoms with Crippen LogP contribution in [0.4, 0.5) is 11.4 Å². The van der Waals surface area contributed by atoms with Gasteiger partial charge in [-0.15, -0.1) is 0 Å². The number of nitrogens with one attached hydrogen (secondary N) is 3. The predicted octanol–water partition coefficient (Wildman–Crippen LogP) is 7.51. The number of nitrogens with zero attached hydrogens (tertiary/aromatic N) is 1. The highest BCUT2D eigenvalue weighted by atomic mass is 33.1. The van der Waals surface area contributed by atoms with Gasteiger partial charge in [-0.2, -0.15) is 4.57 Å². The second-order valence-corrected chi connectivity index (χ2v) is 13.3. The Morgan fingerprint density at radius 3 is 2.07 bits per heavy atom. The molecule has 0 bridgehead atoms. The fourth-order valence-corrected chi connectivity index (χ4v) is 6.95. The molecule has 1 aliphatic carbocycles. The first-order valence-electron chi connectivity index (χ1n) is 15.6.